The van der Waals surface area contributed by atoms with E-state index in [9.17, 15) is 4.79 Å². The van der Waals surface area contributed by atoms with Crippen LogP contribution < -0.4 is 15.4 Å². The minimum absolute atomic E-state index is 0.359. The number of carbonyl (C=O) groups excluding carboxylic acids is 1. The molecule has 2 aromatic carbocycles. The van der Waals surface area contributed by atoms with Crippen molar-refractivity contribution >= 4 is 44.9 Å². The summed E-state index contributed by atoms with van der Waals surface area (Å²) < 4.78 is 6.02. The van der Waals surface area contributed by atoms with Gasteiger partial charge >= 0.3 is 6.03 Å². The van der Waals surface area contributed by atoms with E-state index in [0.717, 1.165) is 10.0 Å². The SMILES string of the molecule is COc1cc(Cl)c(C)cc1NC(=O)Nc1ccccc1Br. The molecule has 6 heteroatoms. The van der Waals surface area contributed by atoms with Crippen LogP contribution in [0.15, 0.2) is 40.9 Å². The van der Waals surface area contributed by atoms with E-state index < -0.39 is 0 Å². The van der Waals surface area contributed by atoms with Gasteiger partial charge in [-0.3, -0.25) is 0 Å². The zero-order chi connectivity index (χ0) is 15.4. The third-order valence-corrected chi connectivity index (χ3v) is 3.95. The fraction of sp³-hybridized carbons (Fsp3) is 0.133. The molecule has 21 heavy (non-hydrogen) atoms. The van der Waals surface area contributed by atoms with Crippen LogP contribution in [0.2, 0.25) is 5.02 Å². The Hall–Kier alpha value is -1.72. The van der Waals surface area contributed by atoms with E-state index in [0.29, 0.717) is 22.1 Å². The summed E-state index contributed by atoms with van der Waals surface area (Å²) in [6.07, 6.45) is 0. The molecule has 0 aliphatic heterocycles. The van der Waals surface area contributed by atoms with Gasteiger partial charge in [-0.1, -0.05) is 23.7 Å². The lowest BCUT2D eigenvalue weighted by Crippen LogP contribution is -2.20. The van der Waals surface area contributed by atoms with E-state index in [1.54, 1.807) is 18.2 Å². The highest BCUT2D eigenvalue weighted by molar-refractivity contribution is 9.10. The van der Waals surface area contributed by atoms with Crippen molar-refractivity contribution in [3.63, 3.8) is 0 Å². The molecule has 0 atom stereocenters. The summed E-state index contributed by atoms with van der Waals surface area (Å²) in [5.74, 6) is 0.507. The second kappa shape index (κ2) is 6.83. The van der Waals surface area contributed by atoms with Gasteiger partial charge < -0.3 is 15.4 Å². The fourth-order valence-electron chi connectivity index (χ4n) is 1.77. The molecular weight excluding hydrogens is 356 g/mol. The number of carbonyl (C=O) groups is 1. The van der Waals surface area contributed by atoms with E-state index in [2.05, 4.69) is 26.6 Å². The number of anilines is 2. The Morgan fingerprint density at radius 3 is 2.52 bits per heavy atom. The summed E-state index contributed by atoms with van der Waals surface area (Å²) in [6.45, 7) is 1.86. The maximum Gasteiger partial charge on any atom is 0.323 e. The number of hydrogen-bond donors (Lipinski definition) is 2. The van der Waals surface area contributed by atoms with Crippen molar-refractivity contribution in [2.24, 2.45) is 0 Å². The van der Waals surface area contributed by atoms with E-state index in [-0.39, 0.29) is 6.03 Å². The van der Waals surface area contributed by atoms with Crippen LogP contribution in [0.1, 0.15) is 5.56 Å². The molecular formula is C15H14BrClN2O2. The predicted octanol–water partition coefficient (Wildman–Crippen LogP) is 5.06. The zero-order valence-corrected chi connectivity index (χ0v) is 13.9. The van der Waals surface area contributed by atoms with Crippen molar-refractivity contribution in [2.75, 3.05) is 17.7 Å². The average Bonchev–Trinajstić information content (AvgIpc) is 2.45. The van der Waals surface area contributed by atoms with Crippen LogP contribution in [-0.2, 0) is 0 Å². The number of rotatable bonds is 3. The number of amides is 2. The molecule has 0 unspecified atom stereocenters. The first-order valence-corrected chi connectivity index (χ1v) is 7.35. The van der Waals surface area contributed by atoms with Crippen LogP contribution in [0.4, 0.5) is 16.2 Å². The number of urea groups is 1. The summed E-state index contributed by atoms with van der Waals surface area (Å²) in [4.78, 5) is 12.1. The molecule has 0 aromatic heterocycles. The van der Waals surface area contributed by atoms with Gasteiger partial charge in [0.05, 0.1) is 18.5 Å². The fourth-order valence-corrected chi connectivity index (χ4v) is 2.31. The van der Waals surface area contributed by atoms with Crippen molar-refractivity contribution in [1.29, 1.82) is 0 Å². The second-order valence-corrected chi connectivity index (χ2v) is 5.62. The maximum atomic E-state index is 12.1. The number of methoxy groups -OCH3 is 1. The van der Waals surface area contributed by atoms with Gasteiger partial charge in [0.15, 0.2) is 0 Å². The molecule has 110 valence electrons. The summed E-state index contributed by atoms with van der Waals surface area (Å²) in [7, 11) is 1.53. The highest BCUT2D eigenvalue weighted by Crippen LogP contribution is 2.31. The molecule has 2 N–H and O–H groups in total. The minimum atomic E-state index is -0.359. The van der Waals surface area contributed by atoms with Crippen LogP contribution in [0.3, 0.4) is 0 Å². The third kappa shape index (κ3) is 3.89. The normalized spacial score (nSPS) is 10.1. The van der Waals surface area contributed by atoms with Crippen LogP contribution in [0, 0.1) is 6.92 Å². The Bertz CT molecular complexity index is 677. The summed E-state index contributed by atoms with van der Waals surface area (Å²) in [5, 5.41) is 6.10. The molecule has 0 spiro atoms. The number of nitrogens with one attached hydrogen (secondary N) is 2. The average molecular weight is 370 g/mol. The lowest BCUT2D eigenvalue weighted by atomic mass is 10.2. The van der Waals surface area contributed by atoms with Gasteiger partial charge in [0.1, 0.15) is 5.75 Å². The lowest BCUT2D eigenvalue weighted by molar-refractivity contribution is 0.262. The molecule has 2 aromatic rings. The van der Waals surface area contributed by atoms with E-state index in [1.807, 2.05) is 25.1 Å². The Morgan fingerprint density at radius 2 is 1.86 bits per heavy atom. The summed E-state index contributed by atoms with van der Waals surface area (Å²) >= 11 is 9.41. The van der Waals surface area contributed by atoms with Gasteiger partial charge in [0.2, 0.25) is 0 Å². The van der Waals surface area contributed by atoms with Crippen LogP contribution in [-0.4, -0.2) is 13.1 Å². The van der Waals surface area contributed by atoms with Crippen molar-refractivity contribution in [1.82, 2.24) is 0 Å². The molecule has 2 amide bonds. The molecule has 2 rings (SSSR count). The van der Waals surface area contributed by atoms with E-state index in [4.69, 9.17) is 16.3 Å². The van der Waals surface area contributed by atoms with E-state index >= 15 is 0 Å². The first-order chi connectivity index (χ1) is 10.0. The van der Waals surface area contributed by atoms with Gasteiger partial charge in [0, 0.05) is 15.6 Å². The molecule has 0 aliphatic rings. The first kappa shape index (κ1) is 15.7. The zero-order valence-electron chi connectivity index (χ0n) is 11.5. The van der Waals surface area contributed by atoms with Gasteiger partial charge in [-0.2, -0.15) is 0 Å². The number of benzene rings is 2. The van der Waals surface area contributed by atoms with E-state index in [1.165, 1.54) is 7.11 Å². The summed E-state index contributed by atoms with van der Waals surface area (Å²) in [6, 6.07) is 10.4. The van der Waals surface area contributed by atoms with Crippen molar-refractivity contribution in [3.05, 3.63) is 51.5 Å². The molecule has 0 saturated carbocycles. The standard InChI is InChI=1S/C15H14BrClN2O2/c1-9-7-13(14(21-2)8-11(9)17)19-15(20)18-12-6-4-3-5-10(12)16/h3-8H,1-2H3,(H2,18,19,20). The van der Waals surface area contributed by atoms with Crippen molar-refractivity contribution in [3.8, 4) is 5.75 Å². The lowest BCUT2D eigenvalue weighted by Gasteiger charge is -2.13. The quantitative estimate of drug-likeness (QED) is 0.794. The second-order valence-electron chi connectivity index (χ2n) is 4.36. The number of ether oxygens (including phenoxy) is 1. The monoisotopic (exact) mass is 368 g/mol. The number of para-hydroxylation sites is 1. The molecule has 0 fully saturated rings. The van der Waals surface area contributed by atoms with Gasteiger partial charge in [0.25, 0.3) is 0 Å². The topological polar surface area (TPSA) is 50.4 Å². The van der Waals surface area contributed by atoms with Crippen LogP contribution in [0.25, 0.3) is 0 Å². The third-order valence-electron chi connectivity index (χ3n) is 2.85. The Balaban J connectivity index is 2.17. The molecule has 0 heterocycles. The Kier molecular flexibility index (Phi) is 5.09. The predicted molar refractivity (Wildman–Crippen MR) is 89.5 cm³/mol. The van der Waals surface area contributed by atoms with Crippen molar-refractivity contribution in [2.45, 2.75) is 6.92 Å². The Morgan fingerprint density at radius 1 is 1.19 bits per heavy atom. The van der Waals surface area contributed by atoms with Crippen molar-refractivity contribution < 1.29 is 9.53 Å². The highest BCUT2D eigenvalue weighted by atomic mass is 79.9. The number of aryl methyl sites for hydroxylation is 1. The van der Waals surface area contributed by atoms with Gasteiger partial charge in [-0.25, -0.2) is 4.79 Å². The number of hydrogen-bond acceptors (Lipinski definition) is 2. The molecule has 0 radical (unpaired) electrons. The maximum absolute atomic E-state index is 12.1. The smallest absolute Gasteiger partial charge is 0.323 e. The van der Waals surface area contributed by atoms with Crippen LogP contribution >= 0.6 is 27.5 Å². The molecule has 0 saturated heterocycles. The van der Waals surface area contributed by atoms with Crippen LogP contribution in [0.5, 0.6) is 5.75 Å². The molecule has 0 aliphatic carbocycles. The molecule has 0 bridgehead atoms. The Labute approximate surface area is 136 Å². The largest absolute Gasteiger partial charge is 0.495 e. The van der Waals surface area contributed by atoms with Gasteiger partial charge in [-0.05, 0) is 46.6 Å². The number of halogens is 2. The highest BCUT2D eigenvalue weighted by Gasteiger charge is 2.11. The molecule has 4 nitrogen and oxygen atoms in total. The van der Waals surface area contributed by atoms with Gasteiger partial charge in [-0.15, -0.1) is 0 Å². The summed E-state index contributed by atoms with van der Waals surface area (Å²) in [5.41, 5.74) is 2.09. The first-order valence-electron chi connectivity index (χ1n) is 6.18. The minimum Gasteiger partial charge on any atom is -0.495 e.